The van der Waals surface area contributed by atoms with Crippen molar-refractivity contribution in [2.45, 2.75) is 92.6 Å². The fraction of sp³-hybridized carbons (Fsp3) is 0.840. The fourth-order valence-corrected chi connectivity index (χ4v) is 8.29. The molecule has 0 aromatic rings. The number of fused-ring (bicyclic) bond motifs is 5. The third kappa shape index (κ3) is 2.53. The Kier molecular flexibility index (Phi) is 4.64. The molecule has 0 N–H and O–H groups in total. The quantitative estimate of drug-likeness (QED) is 0.450. The van der Waals surface area contributed by atoms with Gasteiger partial charge >= 0.3 is 5.97 Å². The number of ketones is 1. The van der Waals surface area contributed by atoms with Crippen molar-refractivity contribution in [1.82, 2.24) is 0 Å². The Morgan fingerprint density at radius 3 is 2.43 bits per heavy atom. The molecule has 0 saturated heterocycles. The zero-order valence-electron chi connectivity index (χ0n) is 18.6. The van der Waals surface area contributed by atoms with Crippen LogP contribution in [0.4, 0.5) is 0 Å². The first-order valence-electron chi connectivity index (χ1n) is 11.4. The summed E-state index contributed by atoms with van der Waals surface area (Å²) in [5, 5.41) is 0. The van der Waals surface area contributed by atoms with Crippen LogP contribution in [0.3, 0.4) is 0 Å². The third-order valence-electron chi connectivity index (χ3n) is 10.3. The lowest BCUT2D eigenvalue weighted by atomic mass is 9.45. The van der Waals surface area contributed by atoms with Gasteiger partial charge in [-0.15, -0.1) is 0 Å². The molecule has 0 aliphatic heterocycles. The molecular weight excluding hydrogens is 348 g/mol. The van der Waals surface area contributed by atoms with Crippen molar-refractivity contribution < 1.29 is 14.3 Å². The zero-order chi connectivity index (χ0) is 20.5. The summed E-state index contributed by atoms with van der Waals surface area (Å²) in [5.41, 5.74) is 1.74. The molecule has 0 bridgehead atoms. The van der Waals surface area contributed by atoms with E-state index in [-0.39, 0.29) is 28.3 Å². The van der Waals surface area contributed by atoms with Crippen LogP contribution in [0.2, 0.25) is 0 Å². The van der Waals surface area contributed by atoms with E-state index in [4.69, 9.17) is 4.74 Å². The van der Waals surface area contributed by atoms with Gasteiger partial charge in [0, 0.05) is 18.8 Å². The van der Waals surface area contributed by atoms with Crippen LogP contribution >= 0.6 is 0 Å². The molecule has 0 spiro atoms. The van der Waals surface area contributed by atoms with Gasteiger partial charge in [-0.05, 0) is 80.0 Å². The van der Waals surface area contributed by atoms with Gasteiger partial charge in [-0.25, -0.2) is 0 Å². The van der Waals surface area contributed by atoms with Crippen molar-refractivity contribution in [3.8, 4) is 0 Å². The van der Waals surface area contributed by atoms with E-state index in [1.807, 2.05) is 6.92 Å². The monoisotopic (exact) mass is 386 g/mol. The van der Waals surface area contributed by atoms with E-state index in [9.17, 15) is 9.59 Å². The number of esters is 1. The van der Waals surface area contributed by atoms with Crippen LogP contribution in [-0.2, 0) is 14.3 Å². The van der Waals surface area contributed by atoms with Gasteiger partial charge in [0.25, 0.3) is 0 Å². The van der Waals surface area contributed by atoms with E-state index in [2.05, 4.69) is 33.8 Å². The maximum atomic E-state index is 12.8. The van der Waals surface area contributed by atoms with E-state index >= 15 is 0 Å². The van der Waals surface area contributed by atoms with Gasteiger partial charge in [-0.2, -0.15) is 0 Å². The van der Waals surface area contributed by atoms with Crippen LogP contribution in [-0.4, -0.2) is 17.9 Å². The summed E-state index contributed by atoms with van der Waals surface area (Å²) in [6.07, 6.45) is 10.3. The van der Waals surface area contributed by atoms with Gasteiger partial charge < -0.3 is 4.74 Å². The first-order chi connectivity index (χ1) is 13.0. The first kappa shape index (κ1) is 20.2. The van der Waals surface area contributed by atoms with Crippen LogP contribution < -0.4 is 0 Å². The Labute approximate surface area is 170 Å². The third-order valence-corrected chi connectivity index (χ3v) is 10.3. The average Bonchev–Trinajstić information content (AvgIpc) is 2.83. The molecule has 0 aromatic heterocycles. The smallest absolute Gasteiger partial charge is 0.302 e. The predicted molar refractivity (Wildman–Crippen MR) is 111 cm³/mol. The Morgan fingerprint density at radius 2 is 1.79 bits per heavy atom. The molecule has 3 fully saturated rings. The molecule has 3 nitrogen and oxygen atoms in total. The molecule has 3 saturated carbocycles. The number of carbonyl (C=O) groups excluding carboxylic acids is 2. The van der Waals surface area contributed by atoms with Crippen LogP contribution in [0, 0.1) is 39.9 Å². The molecule has 3 heteroatoms. The van der Waals surface area contributed by atoms with Crippen molar-refractivity contribution in [2.24, 2.45) is 39.9 Å². The van der Waals surface area contributed by atoms with Gasteiger partial charge in [0.05, 0.1) is 0 Å². The summed E-state index contributed by atoms with van der Waals surface area (Å²) in [4.78, 5) is 24.2. The SMILES string of the molecule is CC(=O)O[C@@H]1CC[C@@]2(C)C(=CC[C@H]3[C@H]2CC[C@@]2(C)[C@H]3C[C@@H](C)[C@]2(C)C(C)=O)C1. The predicted octanol–water partition coefficient (Wildman–Crippen LogP) is 5.72. The number of rotatable bonds is 2. The molecule has 4 aliphatic carbocycles. The number of ether oxygens (including phenoxy) is 1. The summed E-state index contributed by atoms with van der Waals surface area (Å²) < 4.78 is 5.56. The van der Waals surface area contributed by atoms with E-state index in [0.717, 1.165) is 25.7 Å². The fourth-order valence-electron chi connectivity index (χ4n) is 8.29. The van der Waals surface area contributed by atoms with E-state index < -0.39 is 0 Å². The lowest BCUT2D eigenvalue weighted by Gasteiger charge is -2.59. The zero-order valence-corrected chi connectivity index (χ0v) is 18.6. The highest BCUT2D eigenvalue weighted by molar-refractivity contribution is 5.83. The van der Waals surface area contributed by atoms with Gasteiger partial charge in [0.2, 0.25) is 0 Å². The average molecular weight is 387 g/mol. The van der Waals surface area contributed by atoms with Crippen molar-refractivity contribution in [2.75, 3.05) is 0 Å². The molecule has 4 rings (SSSR count). The number of carbonyl (C=O) groups is 2. The number of hydrogen-bond donors (Lipinski definition) is 0. The maximum absolute atomic E-state index is 12.8. The summed E-state index contributed by atoms with van der Waals surface area (Å²) >= 11 is 0. The minimum atomic E-state index is -0.180. The maximum Gasteiger partial charge on any atom is 0.302 e. The molecule has 156 valence electrons. The topological polar surface area (TPSA) is 43.4 Å². The van der Waals surface area contributed by atoms with Crippen LogP contribution in [0.25, 0.3) is 0 Å². The van der Waals surface area contributed by atoms with E-state index in [1.165, 1.54) is 31.8 Å². The second-order valence-corrected chi connectivity index (χ2v) is 11.1. The molecule has 0 heterocycles. The molecule has 0 radical (unpaired) electrons. The Balaban J connectivity index is 1.64. The van der Waals surface area contributed by atoms with Crippen molar-refractivity contribution in [1.29, 1.82) is 0 Å². The van der Waals surface area contributed by atoms with Crippen molar-refractivity contribution in [3.63, 3.8) is 0 Å². The summed E-state index contributed by atoms with van der Waals surface area (Å²) in [7, 11) is 0. The van der Waals surface area contributed by atoms with Gasteiger partial charge in [0.15, 0.2) is 0 Å². The molecule has 28 heavy (non-hydrogen) atoms. The normalized spacial score (nSPS) is 50.1. The first-order valence-corrected chi connectivity index (χ1v) is 11.4. The number of hydrogen-bond acceptors (Lipinski definition) is 3. The summed E-state index contributed by atoms with van der Waals surface area (Å²) in [6, 6.07) is 0. The number of allylic oxidation sites excluding steroid dienone is 1. The van der Waals surface area contributed by atoms with Crippen molar-refractivity contribution >= 4 is 11.8 Å². The Bertz CT molecular complexity index is 723. The Morgan fingerprint density at radius 1 is 1.07 bits per heavy atom. The second-order valence-electron chi connectivity index (χ2n) is 11.1. The lowest BCUT2D eigenvalue weighted by molar-refractivity contribution is -0.150. The second kappa shape index (κ2) is 6.44. The molecule has 0 amide bonds. The molecule has 8 atom stereocenters. The minimum Gasteiger partial charge on any atom is -0.462 e. The Hall–Kier alpha value is -1.12. The lowest BCUT2D eigenvalue weighted by Crippen LogP contribution is -2.53. The van der Waals surface area contributed by atoms with E-state index in [0.29, 0.717) is 29.5 Å². The van der Waals surface area contributed by atoms with Gasteiger partial charge in [-0.3, -0.25) is 9.59 Å². The van der Waals surface area contributed by atoms with Crippen LogP contribution in [0.1, 0.15) is 86.5 Å². The van der Waals surface area contributed by atoms with Gasteiger partial charge in [0.1, 0.15) is 11.9 Å². The highest BCUT2D eigenvalue weighted by atomic mass is 16.5. The molecular formula is C25H38O3. The standard InChI is InChI=1S/C25H38O3/c1-15-13-22-20-8-7-18-14-19(28-17(3)27)9-11-23(18,4)21(20)10-12-24(22,5)25(15,6)16(2)26/h7,15,19-22H,8-14H2,1-6H3/t15-,19-,20+,21-,22+,23+,24+,25-/m1/s1. The summed E-state index contributed by atoms with van der Waals surface area (Å²) in [6.45, 7) is 12.8. The summed E-state index contributed by atoms with van der Waals surface area (Å²) in [5.74, 6) is 2.77. The van der Waals surface area contributed by atoms with Crippen LogP contribution in [0.15, 0.2) is 11.6 Å². The largest absolute Gasteiger partial charge is 0.462 e. The van der Waals surface area contributed by atoms with Crippen molar-refractivity contribution in [3.05, 3.63) is 11.6 Å². The number of Topliss-reactive ketones (excluding diaryl/α,β-unsaturated/α-hetero) is 1. The molecule has 0 unspecified atom stereocenters. The minimum absolute atomic E-state index is 0.0646. The highest BCUT2D eigenvalue weighted by Gasteiger charge is 2.66. The molecule has 4 aliphatic rings. The van der Waals surface area contributed by atoms with Gasteiger partial charge in [-0.1, -0.05) is 39.3 Å². The van der Waals surface area contributed by atoms with Crippen LogP contribution in [0.5, 0.6) is 0 Å². The highest BCUT2D eigenvalue weighted by Crippen LogP contribution is 2.71. The van der Waals surface area contributed by atoms with E-state index in [1.54, 1.807) is 0 Å². The molecule has 0 aromatic carbocycles.